The number of nitrogens with one attached hydrogen (secondary N) is 1. The first-order valence-corrected chi connectivity index (χ1v) is 7.00. The summed E-state index contributed by atoms with van der Waals surface area (Å²) in [7, 11) is 0. The highest BCUT2D eigenvalue weighted by atomic mass is 79.9. The van der Waals surface area contributed by atoms with Crippen LogP contribution in [0.15, 0.2) is 22.7 Å². The van der Waals surface area contributed by atoms with Crippen LogP contribution in [0.1, 0.15) is 34.1 Å². The van der Waals surface area contributed by atoms with Crippen LogP contribution in [0.4, 0.5) is 4.39 Å². The Kier molecular flexibility index (Phi) is 5.60. The predicted octanol–water partition coefficient (Wildman–Crippen LogP) is 4.13. The summed E-state index contributed by atoms with van der Waals surface area (Å²) in [6.45, 7) is 9.22. The van der Waals surface area contributed by atoms with E-state index in [0.717, 1.165) is 13.0 Å². The van der Waals surface area contributed by atoms with Gasteiger partial charge in [-0.2, -0.15) is 0 Å². The summed E-state index contributed by atoms with van der Waals surface area (Å²) in [6, 6.07) is 4.45. The van der Waals surface area contributed by atoms with Crippen molar-refractivity contribution in [1.29, 1.82) is 0 Å². The smallest absolute Gasteiger partial charge is 0.134 e. The average molecular weight is 318 g/mol. The lowest BCUT2D eigenvalue weighted by Gasteiger charge is -2.27. The van der Waals surface area contributed by atoms with Crippen molar-refractivity contribution in [3.8, 4) is 5.75 Å². The van der Waals surface area contributed by atoms with Gasteiger partial charge in [0.2, 0.25) is 0 Å². The fourth-order valence-electron chi connectivity index (χ4n) is 1.37. The van der Waals surface area contributed by atoms with E-state index in [-0.39, 0.29) is 17.5 Å². The van der Waals surface area contributed by atoms with Gasteiger partial charge in [-0.25, -0.2) is 4.39 Å². The highest BCUT2D eigenvalue weighted by molar-refractivity contribution is 9.10. The molecule has 1 unspecified atom stereocenters. The maximum absolute atomic E-state index is 12.9. The van der Waals surface area contributed by atoms with Crippen LogP contribution >= 0.6 is 15.9 Å². The number of hydrogen-bond acceptors (Lipinski definition) is 2. The molecule has 0 aliphatic rings. The van der Waals surface area contributed by atoms with Gasteiger partial charge in [-0.15, -0.1) is 0 Å². The van der Waals surface area contributed by atoms with Gasteiger partial charge in [0.05, 0.1) is 4.47 Å². The molecule has 0 heterocycles. The molecular formula is C14H21BrFNO. The number of ether oxygens (including phenoxy) is 1. The number of halogens is 2. The molecule has 0 saturated carbocycles. The molecule has 2 nitrogen and oxygen atoms in total. The van der Waals surface area contributed by atoms with Crippen LogP contribution in [0.5, 0.6) is 5.75 Å². The van der Waals surface area contributed by atoms with E-state index < -0.39 is 0 Å². The highest BCUT2D eigenvalue weighted by Gasteiger charge is 2.16. The molecule has 1 atom stereocenters. The fraction of sp³-hybridized carbons (Fsp3) is 0.571. The van der Waals surface area contributed by atoms with E-state index in [0.29, 0.717) is 10.2 Å². The van der Waals surface area contributed by atoms with Crippen LogP contribution in [0.25, 0.3) is 0 Å². The van der Waals surface area contributed by atoms with Gasteiger partial charge in [0.25, 0.3) is 0 Å². The second-order valence-electron chi connectivity index (χ2n) is 5.12. The Labute approximate surface area is 117 Å². The second-order valence-corrected chi connectivity index (χ2v) is 5.98. The van der Waals surface area contributed by atoms with Gasteiger partial charge >= 0.3 is 0 Å². The van der Waals surface area contributed by atoms with Crippen molar-refractivity contribution in [1.82, 2.24) is 5.32 Å². The third kappa shape index (κ3) is 4.94. The van der Waals surface area contributed by atoms with Crippen molar-refractivity contribution in [3.05, 3.63) is 28.5 Å². The molecular weight excluding hydrogens is 297 g/mol. The monoisotopic (exact) mass is 317 g/mol. The second kappa shape index (κ2) is 6.53. The zero-order valence-electron chi connectivity index (χ0n) is 11.4. The topological polar surface area (TPSA) is 21.3 Å². The zero-order valence-corrected chi connectivity index (χ0v) is 13.0. The van der Waals surface area contributed by atoms with E-state index in [4.69, 9.17) is 4.74 Å². The zero-order chi connectivity index (χ0) is 13.8. The van der Waals surface area contributed by atoms with Crippen LogP contribution in [-0.4, -0.2) is 18.2 Å². The van der Waals surface area contributed by atoms with Gasteiger partial charge in [0.15, 0.2) is 0 Å². The molecule has 0 spiro atoms. The Morgan fingerprint density at radius 3 is 2.67 bits per heavy atom. The minimum absolute atomic E-state index is 0.0255. The third-order valence-corrected chi connectivity index (χ3v) is 3.59. The first-order chi connectivity index (χ1) is 8.34. The van der Waals surface area contributed by atoms with Gasteiger partial charge in [0.1, 0.15) is 17.7 Å². The molecule has 0 saturated heterocycles. The summed E-state index contributed by atoms with van der Waals surface area (Å²) in [5.41, 5.74) is 0.109. The maximum Gasteiger partial charge on any atom is 0.134 e. The molecule has 18 heavy (non-hydrogen) atoms. The summed E-state index contributed by atoms with van der Waals surface area (Å²) >= 11 is 3.29. The Hall–Kier alpha value is -0.610. The Morgan fingerprint density at radius 2 is 2.11 bits per heavy atom. The Balaban J connectivity index is 2.52. The molecule has 4 heteroatoms. The van der Waals surface area contributed by atoms with Gasteiger partial charge in [-0.05, 0) is 61.3 Å². The minimum atomic E-state index is -0.271. The molecule has 0 aromatic heterocycles. The number of hydrogen-bond donors (Lipinski definition) is 1. The largest absolute Gasteiger partial charge is 0.488 e. The molecule has 0 aliphatic carbocycles. The minimum Gasteiger partial charge on any atom is -0.488 e. The van der Waals surface area contributed by atoms with E-state index in [9.17, 15) is 4.39 Å². The number of benzene rings is 1. The Bertz CT molecular complexity index is 395. The van der Waals surface area contributed by atoms with Gasteiger partial charge in [-0.3, -0.25) is 0 Å². The van der Waals surface area contributed by atoms with Crippen molar-refractivity contribution in [2.45, 2.75) is 45.8 Å². The standard InChI is InChI=1S/C14H21BrFNO/c1-5-14(3,4)17-9-10(2)18-13-7-6-11(16)8-12(13)15/h6-8,10,17H,5,9H2,1-4H3. The molecule has 1 N–H and O–H groups in total. The summed E-state index contributed by atoms with van der Waals surface area (Å²) in [4.78, 5) is 0. The van der Waals surface area contributed by atoms with Crippen molar-refractivity contribution in [2.75, 3.05) is 6.54 Å². The Morgan fingerprint density at radius 1 is 1.44 bits per heavy atom. The molecule has 0 bridgehead atoms. The molecule has 0 amide bonds. The summed E-state index contributed by atoms with van der Waals surface area (Å²) in [6.07, 6.45) is 1.08. The van der Waals surface area contributed by atoms with E-state index in [2.05, 4.69) is 42.0 Å². The molecule has 1 rings (SSSR count). The summed E-state index contributed by atoms with van der Waals surface area (Å²) in [5.74, 6) is 0.395. The van der Waals surface area contributed by atoms with Crippen LogP contribution in [0, 0.1) is 5.82 Å². The summed E-state index contributed by atoms with van der Waals surface area (Å²) < 4.78 is 19.3. The molecule has 0 fully saturated rings. The lowest BCUT2D eigenvalue weighted by molar-refractivity contribution is 0.197. The predicted molar refractivity (Wildman–Crippen MR) is 76.6 cm³/mol. The van der Waals surface area contributed by atoms with Crippen molar-refractivity contribution in [2.24, 2.45) is 0 Å². The quantitative estimate of drug-likeness (QED) is 0.851. The SMILES string of the molecule is CCC(C)(C)NCC(C)Oc1ccc(F)cc1Br. The lowest BCUT2D eigenvalue weighted by atomic mass is 10.0. The van der Waals surface area contributed by atoms with E-state index in [1.807, 2.05) is 6.92 Å². The molecule has 1 aromatic carbocycles. The average Bonchev–Trinajstić information content (AvgIpc) is 2.30. The van der Waals surface area contributed by atoms with Crippen LogP contribution in [0.2, 0.25) is 0 Å². The number of rotatable bonds is 6. The van der Waals surface area contributed by atoms with Gasteiger partial charge in [-0.1, -0.05) is 6.92 Å². The van der Waals surface area contributed by atoms with Crippen LogP contribution < -0.4 is 10.1 Å². The van der Waals surface area contributed by atoms with Gasteiger partial charge < -0.3 is 10.1 Å². The normalized spacial score (nSPS) is 13.4. The van der Waals surface area contributed by atoms with E-state index >= 15 is 0 Å². The third-order valence-electron chi connectivity index (χ3n) is 2.97. The van der Waals surface area contributed by atoms with Crippen molar-refractivity contribution in [3.63, 3.8) is 0 Å². The summed E-state index contributed by atoms with van der Waals surface area (Å²) in [5, 5.41) is 3.45. The maximum atomic E-state index is 12.9. The molecule has 0 aliphatic heterocycles. The van der Waals surface area contributed by atoms with Crippen LogP contribution in [0.3, 0.4) is 0 Å². The highest BCUT2D eigenvalue weighted by Crippen LogP contribution is 2.26. The lowest BCUT2D eigenvalue weighted by Crippen LogP contribution is -2.43. The van der Waals surface area contributed by atoms with E-state index in [1.165, 1.54) is 12.1 Å². The van der Waals surface area contributed by atoms with Crippen molar-refractivity contribution < 1.29 is 9.13 Å². The molecule has 0 radical (unpaired) electrons. The van der Waals surface area contributed by atoms with Crippen LogP contribution in [-0.2, 0) is 0 Å². The molecule has 1 aromatic rings. The first-order valence-electron chi connectivity index (χ1n) is 6.21. The van der Waals surface area contributed by atoms with Crippen molar-refractivity contribution >= 4 is 15.9 Å². The van der Waals surface area contributed by atoms with Gasteiger partial charge in [0, 0.05) is 12.1 Å². The fourth-order valence-corrected chi connectivity index (χ4v) is 1.82. The van der Waals surface area contributed by atoms with E-state index in [1.54, 1.807) is 6.07 Å². The first kappa shape index (κ1) is 15.4. The molecule has 102 valence electrons.